The topological polar surface area (TPSA) is 0 Å². The number of unbranched alkanes of at least 4 members (excludes halogenated alkanes) is 75. The van der Waals surface area contributed by atoms with Gasteiger partial charge in [-0.2, -0.15) is 0 Å². The molecule has 0 aromatic heterocycles. The zero-order valence-corrected chi connectivity index (χ0v) is 55.7. The third-order valence-electron chi connectivity index (χ3n) is 19.0. The highest BCUT2D eigenvalue weighted by Crippen LogP contribution is 2.21. The van der Waals surface area contributed by atoms with E-state index in [1.807, 2.05) is 0 Å². The Labute approximate surface area is 499 Å². The van der Waals surface area contributed by atoms with Crippen LogP contribution >= 0.6 is 0 Å². The van der Waals surface area contributed by atoms with Crippen LogP contribution < -0.4 is 0 Å². The highest BCUT2D eigenvalue weighted by molar-refractivity contribution is 4.57. The van der Waals surface area contributed by atoms with Gasteiger partial charge in [0.15, 0.2) is 0 Å². The average Bonchev–Trinajstić information content (AvgIpc) is 3.45. The molecule has 0 aliphatic heterocycles. The summed E-state index contributed by atoms with van der Waals surface area (Å²) in [7, 11) is 0. The molecule has 0 saturated heterocycles. The van der Waals surface area contributed by atoms with Crippen LogP contribution in [0.15, 0.2) is 0 Å². The van der Waals surface area contributed by atoms with Crippen molar-refractivity contribution in [2.24, 2.45) is 0 Å². The first-order valence-corrected chi connectivity index (χ1v) is 38.9. The highest BCUT2D eigenvalue weighted by Gasteiger charge is 2.02. The maximum atomic E-state index is 2.32. The standard InChI is InChI=1S/C78H158/c1-3-5-7-9-11-13-15-17-19-21-23-25-27-29-31-33-35-37-39-41-43-45-47-49-51-53-55-57-59-61-63-65-67-69-71-73-75-77-78-76-74-72-70-68-66-64-62-60-58-56-54-52-50-48-46-44-42-40-38-36-34-32-30-28-26-24-22-20-18-16-14-12-10-8-6-4-2/h3-78H2,1-2H3. The van der Waals surface area contributed by atoms with Crippen LogP contribution in [-0.2, 0) is 0 Å². The second kappa shape index (κ2) is 77.0. The quantitative estimate of drug-likeness (QED) is 0.0533. The van der Waals surface area contributed by atoms with E-state index in [1.165, 1.54) is 488 Å². The molecule has 0 saturated carbocycles. The van der Waals surface area contributed by atoms with Crippen molar-refractivity contribution in [2.45, 2.75) is 502 Å². The predicted molar refractivity (Wildman–Crippen MR) is 362 cm³/mol. The van der Waals surface area contributed by atoms with Gasteiger partial charge in [0.05, 0.1) is 0 Å². The zero-order chi connectivity index (χ0) is 55.7. The Bertz CT molecular complexity index is 874. The second-order valence-electron chi connectivity index (χ2n) is 27.2. The molecule has 0 heterocycles. The molecule has 0 aliphatic carbocycles. The van der Waals surface area contributed by atoms with Crippen molar-refractivity contribution >= 4 is 0 Å². The average molecular weight is 1100 g/mol. The van der Waals surface area contributed by atoms with Crippen molar-refractivity contribution in [3.63, 3.8) is 0 Å². The van der Waals surface area contributed by atoms with Crippen LogP contribution in [0.2, 0.25) is 0 Å². The predicted octanol–water partition coefficient (Wildman–Crippen LogP) is 30.7. The van der Waals surface area contributed by atoms with E-state index in [-0.39, 0.29) is 0 Å². The third kappa shape index (κ3) is 76.0. The van der Waals surface area contributed by atoms with E-state index in [1.54, 1.807) is 0 Å². The minimum Gasteiger partial charge on any atom is -0.0654 e. The summed E-state index contributed by atoms with van der Waals surface area (Å²) in [6.45, 7) is 4.63. The normalized spacial score (nSPS) is 11.8. The summed E-state index contributed by atoms with van der Waals surface area (Å²) in [6, 6.07) is 0. The summed E-state index contributed by atoms with van der Waals surface area (Å²) in [5, 5.41) is 0. The van der Waals surface area contributed by atoms with Crippen molar-refractivity contribution in [2.75, 3.05) is 0 Å². The van der Waals surface area contributed by atoms with Crippen LogP contribution in [0.1, 0.15) is 502 Å². The number of hydrogen-bond acceptors (Lipinski definition) is 0. The molecule has 0 unspecified atom stereocenters. The summed E-state index contributed by atoms with van der Waals surface area (Å²) >= 11 is 0. The molecule has 0 fully saturated rings. The largest absolute Gasteiger partial charge is 0.0654 e. The van der Waals surface area contributed by atoms with Gasteiger partial charge in [-0.3, -0.25) is 0 Å². The van der Waals surface area contributed by atoms with Gasteiger partial charge in [-0.1, -0.05) is 502 Å². The van der Waals surface area contributed by atoms with Crippen LogP contribution in [0.5, 0.6) is 0 Å². The van der Waals surface area contributed by atoms with Crippen molar-refractivity contribution in [3.05, 3.63) is 0 Å². The van der Waals surface area contributed by atoms with E-state index in [4.69, 9.17) is 0 Å². The van der Waals surface area contributed by atoms with Gasteiger partial charge in [-0.05, 0) is 0 Å². The lowest BCUT2D eigenvalue weighted by Crippen LogP contribution is -1.85. The molecule has 0 spiro atoms. The van der Waals surface area contributed by atoms with Gasteiger partial charge >= 0.3 is 0 Å². The molecule has 470 valence electrons. The van der Waals surface area contributed by atoms with Crippen molar-refractivity contribution in [1.82, 2.24) is 0 Å². The molecule has 0 N–H and O–H groups in total. The maximum Gasteiger partial charge on any atom is -0.0533 e. The molecule has 0 heteroatoms. The summed E-state index contributed by atoms with van der Waals surface area (Å²) in [5.74, 6) is 0. The summed E-state index contributed by atoms with van der Waals surface area (Å²) in [5.41, 5.74) is 0. The molecule has 0 amide bonds. The van der Waals surface area contributed by atoms with Crippen molar-refractivity contribution < 1.29 is 0 Å². The minimum absolute atomic E-state index is 1.37. The van der Waals surface area contributed by atoms with E-state index in [9.17, 15) is 0 Å². The lowest BCUT2D eigenvalue weighted by atomic mass is 10.0. The third-order valence-corrected chi connectivity index (χ3v) is 19.0. The van der Waals surface area contributed by atoms with E-state index >= 15 is 0 Å². The van der Waals surface area contributed by atoms with E-state index in [0.717, 1.165) is 0 Å². The molecule has 0 radical (unpaired) electrons. The lowest BCUT2D eigenvalue weighted by molar-refractivity contribution is 0.506. The molecular formula is C78H158. The van der Waals surface area contributed by atoms with Crippen LogP contribution in [0.4, 0.5) is 0 Å². The first kappa shape index (κ1) is 78.0. The van der Waals surface area contributed by atoms with Gasteiger partial charge in [0.2, 0.25) is 0 Å². The minimum atomic E-state index is 1.37. The van der Waals surface area contributed by atoms with E-state index < -0.39 is 0 Å². The van der Waals surface area contributed by atoms with Gasteiger partial charge in [-0.25, -0.2) is 0 Å². The summed E-state index contributed by atoms with van der Waals surface area (Å²) in [4.78, 5) is 0. The zero-order valence-electron chi connectivity index (χ0n) is 55.7. The Morgan fingerprint density at radius 2 is 0.103 bits per heavy atom. The molecule has 0 aliphatic rings. The fraction of sp³-hybridized carbons (Fsp3) is 1.00. The molecular weight excluding hydrogens is 937 g/mol. The van der Waals surface area contributed by atoms with E-state index in [0.29, 0.717) is 0 Å². The maximum absolute atomic E-state index is 2.32. The van der Waals surface area contributed by atoms with Gasteiger partial charge in [0.1, 0.15) is 0 Å². The fourth-order valence-electron chi connectivity index (χ4n) is 13.2. The molecule has 78 heavy (non-hydrogen) atoms. The van der Waals surface area contributed by atoms with Gasteiger partial charge in [-0.15, -0.1) is 0 Å². The molecule has 0 atom stereocenters. The fourth-order valence-corrected chi connectivity index (χ4v) is 13.2. The van der Waals surface area contributed by atoms with Gasteiger partial charge in [0, 0.05) is 0 Å². The second-order valence-corrected chi connectivity index (χ2v) is 27.2. The van der Waals surface area contributed by atoms with Crippen LogP contribution in [0.25, 0.3) is 0 Å². The van der Waals surface area contributed by atoms with Crippen LogP contribution in [-0.4, -0.2) is 0 Å². The molecule has 0 nitrogen and oxygen atoms in total. The molecule has 0 aromatic carbocycles. The summed E-state index contributed by atoms with van der Waals surface area (Å²) < 4.78 is 0. The Morgan fingerprint density at radius 3 is 0.141 bits per heavy atom. The lowest BCUT2D eigenvalue weighted by Gasteiger charge is -2.05. The monoisotopic (exact) mass is 1100 g/mol. The van der Waals surface area contributed by atoms with Crippen LogP contribution in [0, 0.1) is 0 Å². The SMILES string of the molecule is CCCCCCCCCCCCCCCCCCCCCCCCCCCCCCCCCCCCCCCCCCCCCCCCCCCCCCCCCCCCCCCCCCCCCCCCCCCCCC. The van der Waals surface area contributed by atoms with Gasteiger partial charge < -0.3 is 0 Å². The van der Waals surface area contributed by atoms with Crippen molar-refractivity contribution in [1.29, 1.82) is 0 Å². The Kier molecular flexibility index (Phi) is 77.0. The smallest absolute Gasteiger partial charge is 0.0533 e. The van der Waals surface area contributed by atoms with E-state index in [2.05, 4.69) is 13.8 Å². The molecule has 0 bridgehead atoms. The first-order valence-electron chi connectivity index (χ1n) is 38.9. The Balaban J connectivity index is 3.08. The first-order chi connectivity index (χ1) is 38.9. The summed E-state index contributed by atoms with van der Waals surface area (Å²) in [6.07, 6.45) is 113. The molecule has 0 aromatic rings. The van der Waals surface area contributed by atoms with Crippen molar-refractivity contribution in [3.8, 4) is 0 Å². The number of rotatable bonds is 75. The molecule has 0 rings (SSSR count). The van der Waals surface area contributed by atoms with Gasteiger partial charge in [0.25, 0.3) is 0 Å². The van der Waals surface area contributed by atoms with Crippen LogP contribution in [0.3, 0.4) is 0 Å². The Hall–Kier alpha value is 0. The highest BCUT2D eigenvalue weighted by atomic mass is 14.1. The Morgan fingerprint density at radius 1 is 0.0641 bits per heavy atom. The number of hydrogen-bond donors (Lipinski definition) is 0.